The number of nitrogen functional groups attached to an aromatic ring is 1. The maximum absolute atomic E-state index is 13.6. The Morgan fingerprint density at radius 2 is 2.11 bits per heavy atom. The van der Waals surface area contributed by atoms with Crippen LogP contribution in [-0.4, -0.2) is 21.0 Å². The molecule has 6 nitrogen and oxygen atoms in total. The van der Waals surface area contributed by atoms with Crippen LogP contribution < -0.4 is 15.8 Å². The van der Waals surface area contributed by atoms with Gasteiger partial charge in [-0.05, 0) is 18.6 Å². The maximum atomic E-state index is 13.6. The van der Waals surface area contributed by atoms with Crippen molar-refractivity contribution in [2.75, 3.05) is 12.3 Å². The molecule has 19 heavy (non-hydrogen) atoms. The molecule has 0 bridgehead atoms. The van der Waals surface area contributed by atoms with Gasteiger partial charge in [0.15, 0.2) is 5.82 Å². The van der Waals surface area contributed by atoms with Crippen molar-refractivity contribution in [3.63, 3.8) is 0 Å². The molecule has 106 valence electrons. The van der Waals surface area contributed by atoms with Crippen molar-refractivity contribution in [3.05, 3.63) is 23.0 Å². The summed E-state index contributed by atoms with van der Waals surface area (Å²) in [6.07, 6.45) is 0.631. The van der Waals surface area contributed by atoms with Crippen LogP contribution in [0.25, 0.3) is 0 Å². The summed E-state index contributed by atoms with van der Waals surface area (Å²) in [5, 5.41) is 2.24. The predicted octanol–water partition coefficient (Wildman–Crippen LogP) is 1.46. The summed E-state index contributed by atoms with van der Waals surface area (Å²) in [4.78, 5) is 10.5. The van der Waals surface area contributed by atoms with Gasteiger partial charge in [-0.15, -0.1) is 0 Å². The highest BCUT2D eigenvalue weighted by Crippen LogP contribution is 2.24. The van der Waals surface area contributed by atoms with Crippen molar-refractivity contribution in [2.45, 2.75) is 18.2 Å². The van der Waals surface area contributed by atoms with E-state index in [1.807, 2.05) is 0 Å². The highest BCUT2D eigenvalue weighted by atomic mass is 35.5. The predicted molar refractivity (Wildman–Crippen MR) is 69.8 cm³/mol. The van der Waals surface area contributed by atoms with Crippen molar-refractivity contribution in [3.8, 4) is 0 Å². The molecule has 0 heterocycles. The molecule has 1 rings (SSSR count). The quantitative estimate of drug-likeness (QED) is 0.733. The van der Waals surface area contributed by atoms with Crippen molar-refractivity contribution >= 4 is 33.3 Å². The summed E-state index contributed by atoms with van der Waals surface area (Å²) in [5.41, 5.74) is 4.86. The largest absolute Gasteiger partial charge is 0.396 e. The topological polar surface area (TPSA) is 101 Å². The molecule has 0 unspecified atom stereocenters. The second-order valence-corrected chi connectivity index (χ2v) is 5.76. The normalized spacial score (nSPS) is 11.1. The van der Waals surface area contributed by atoms with Crippen LogP contribution in [0.15, 0.2) is 17.0 Å². The van der Waals surface area contributed by atoms with E-state index in [0.717, 1.165) is 12.1 Å². The Bertz CT molecular complexity index is 592. The number of nitrogens with one attached hydrogen (secondary N) is 2. The fraction of sp³-hybridized carbons (Fsp3) is 0.300. The molecule has 1 aromatic carbocycles. The number of anilines is 1. The van der Waals surface area contributed by atoms with E-state index in [0.29, 0.717) is 13.0 Å². The van der Waals surface area contributed by atoms with Crippen LogP contribution in [0.5, 0.6) is 0 Å². The smallest absolute Gasteiger partial charge is 0.328 e. The third-order valence-electron chi connectivity index (χ3n) is 2.08. The average molecular weight is 310 g/mol. The Morgan fingerprint density at radius 3 is 2.68 bits per heavy atom. The third-order valence-corrected chi connectivity index (χ3v) is 3.63. The Balaban J connectivity index is 3.04. The van der Waals surface area contributed by atoms with Crippen molar-refractivity contribution in [1.29, 1.82) is 0 Å². The first kappa shape index (κ1) is 15.5. The molecule has 0 aliphatic heterocycles. The molecule has 0 spiro atoms. The van der Waals surface area contributed by atoms with E-state index in [1.165, 1.54) is 0 Å². The zero-order valence-electron chi connectivity index (χ0n) is 10.0. The first-order chi connectivity index (χ1) is 8.77. The number of rotatable bonds is 4. The molecule has 0 aliphatic rings. The van der Waals surface area contributed by atoms with Crippen LogP contribution in [0.2, 0.25) is 5.02 Å². The summed E-state index contributed by atoms with van der Waals surface area (Å²) in [5.74, 6) is -1.15. The molecule has 0 fully saturated rings. The minimum absolute atomic E-state index is 0.0479. The first-order valence-electron chi connectivity index (χ1n) is 5.33. The van der Waals surface area contributed by atoms with Gasteiger partial charge in [0.05, 0.1) is 5.69 Å². The standard InChI is InChI=1S/C10H13ClFN3O3S/c1-2-3-14-10(16)15-19(17,18)8-5-6(11)4-7(13)9(8)12/h4-5H,2-3,13H2,1H3,(H2,14,15,16). The minimum atomic E-state index is -4.37. The van der Waals surface area contributed by atoms with Gasteiger partial charge < -0.3 is 11.1 Å². The highest BCUT2D eigenvalue weighted by Gasteiger charge is 2.23. The van der Waals surface area contributed by atoms with Gasteiger partial charge in [0, 0.05) is 11.6 Å². The van der Waals surface area contributed by atoms with Gasteiger partial charge in [-0.3, -0.25) is 0 Å². The van der Waals surface area contributed by atoms with Crippen LogP contribution >= 0.6 is 11.6 Å². The zero-order chi connectivity index (χ0) is 14.6. The van der Waals surface area contributed by atoms with Crippen LogP contribution in [-0.2, 0) is 10.0 Å². The molecule has 0 saturated heterocycles. The zero-order valence-corrected chi connectivity index (χ0v) is 11.6. The van der Waals surface area contributed by atoms with Gasteiger partial charge in [-0.2, -0.15) is 0 Å². The molecule has 0 aromatic heterocycles. The SMILES string of the molecule is CCCNC(=O)NS(=O)(=O)c1cc(Cl)cc(N)c1F. The summed E-state index contributed by atoms with van der Waals surface area (Å²) in [6.45, 7) is 2.09. The Morgan fingerprint density at radius 1 is 1.47 bits per heavy atom. The molecule has 9 heteroatoms. The molecule has 0 atom stereocenters. The number of hydrogen-bond acceptors (Lipinski definition) is 4. The molecule has 0 saturated carbocycles. The molecule has 2 amide bonds. The van der Waals surface area contributed by atoms with Crippen molar-refractivity contribution in [2.24, 2.45) is 0 Å². The van der Waals surface area contributed by atoms with Gasteiger partial charge in [0.25, 0.3) is 10.0 Å². The number of nitrogens with two attached hydrogens (primary N) is 1. The fourth-order valence-corrected chi connectivity index (χ4v) is 2.59. The second kappa shape index (κ2) is 6.07. The lowest BCUT2D eigenvalue weighted by atomic mass is 10.3. The van der Waals surface area contributed by atoms with E-state index < -0.39 is 32.5 Å². The average Bonchev–Trinajstić information content (AvgIpc) is 2.30. The van der Waals surface area contributed by atoms with E-state index in [4.69, 9.17) is 17.3 Å². The molecule has 0 aliphatic carbocycles. The van der Waals surface area contributed by atoms with E-state index in [1.54, 1.807) is 11.6 Å². The van der Waals surface area contributed by atoms with Gasteiger partial charge in [0.2, 0.25) is 0 Å². The number of halogens is 2. The van der Waals surface area contributed by atoms with Crippen LogP contribution in [0.4, 0.5) is 14.9 Å². The minimum Gasteiger partial charge on any atom is -0.396 e. The first-order valence-corrected chi connectivity index (χ1v) is 7.19. The lowest BCUT2D eigenvalue weighted by Gasteiger charge is -2.10. The number of benzene rings is 1. The molecular weight excluding hydrogens is 297 g/mol. The third kappa shape index (κ3) is 3.97. The Labute approximate surface area is 115 Å². The van der Waals surface area contributed by atoms with Crippen molar-refractivity contribution < 1.29 is 17.6 Å². The van der Waals surface area contributed by atoms with E-state index in [-0.39, 0.29) is 5.02 Å². The summed E-state index contributed by atoms with van der Waals surface area (Å²) < 4.78 is 38.9. The van der Waals surface area contributed by atoms with Gasteiger partial charge in [0.1, 0.15) is 4.90 Å². The summed E-state index contributed by atoms with van der Waals surface area (Å²) in [7, 11) is -4.37. The Kier molecular flexibility index (Phi) is 4.96. The number of hydrogen-bond donors (Lipinski definition) is 3. The maximum Gasteiger partial charge on any atom is 0.328 e. The fourth-order valence-electron chi connectivity index (χ4n) is 1.23. The van der Waals surface area contributed by atoms with E-state index >= 15 is 0 Å². The van der Waals surface area contributed by atoms with E-state index in [2.05, 4.69) is 5.32 Å². The molecule has 0 radical (unpaired) electrons. The molecule has 1 aromatic rings. The number of amides is 2. The van der Waals surface area contributed by atoms with Crippen LogP contribution in [0.3, 0.4) is 0 Å². The van der Waals surface area contributed by atoms with Gasteiger partial charge in [-0.25, -0.2) is 22.3 Å². The van der Waals surface area contributed by atoms with E-state index in [9.17, 15) is 17.6 Å². The second-order valence-electron chi connectivity index (χ2n) is 3.67. The van der Waals surface area contributed by atoms with Gasteiger partial charge in [-0.1, -0.05) is 18.5 Å². The number of urea groups is 1. The van der Waals surface area contributed by atoms with Crippen molar-refractivity contribution in [1.82, 2.24) is 10.0 Å². The monoisotopic (exact) mass is 309 g/mol. The summed E-state index contributed by atoms with van der Waals surface area (Å²) >= 11 is 5.61. The van der Waals surface area contributed by atoms with Gasteiger partial charge >= 0.3 is 6.03 Å². The lowest BCUT2D eigenvalue weighted by Crippen LogP contribution is -2.40. The molecule has 4 N–H and O–H groups in total. The van der Waals surface area contributed by atoms with Crippen LogP contribution in [0, 0.1) is 5.82 Å². The number of carbonyl (C=O) groups is 1. The number of carbonyl (C=O) groups excluding carboxylic acids is 1. The highest BCUT2D eigenvalue weighted by molar-refractivity contribution is 7.90. The summed E-state index contributed by atoms with van der Waals surface area (Å²) in [6, 6.07) is 1.01. The van der Waals surface area contributed by atoms with Crippen LogP contribution in [0.1, 0.15) is 13.3 Å². The number of sulfonamides is 1. The lowest BCUT2D eigenvalue weighted by molar-refractivity contribution is 0.246. The Hall–Kier alpha value is -1.54. The molecular formula is C10H13ClFN3O3S.